The van der Waals surface area contributed by atoms with E-state index in [9.17, 15) is 14.4 Å². The maximum atomic E-state index is 13.2. The number of methoxy groups -OCH3 is 1. The number of amides is 4. The number of urea groups is 1. The largest absolute Gasteiger partial charge is 0.494 e. The Balaban J connectivity index is 1.58. The number of halogens is 1. The van der Waals surface area contributed by atoms with Crippen molar-refractivity contribution in [2.24, 2.45) is 0 Å². The molecule has 8 nitrogen and oxygen atoms in total. The molecule has 0 aliphatic carbocycles. The van der Waals surface area contributed by atoms with Crippen molar-refractivity contribution in [3.05, 3.63) is 87.0 Å². The predicted molar refractivity (Wildman–Crippen MR) is 143 cm³/mol. The number of imide groups is 2. The molecule has 1 fully saturated rings. The summed E-state index contributed by atoms with van der Waals surface area (Å²) in [5, 5.41) is 2.22. The molecule has 1 heterocycles. The topological polar surface area (TPSA) is 94.2 Å². The Morgan fingerprint density at radius 3 is 2.44 bits per heavy atom. The van der Waals surface area contributed by atoms with Gasteiger partial charge in [-0.2, -0.15) is 0 Å². The van der Waals surface area contributed by atoms with Crippen molar-refractivity contribution >= 4 is 52.2 Å². The maximum absolute atomic E-state index is 13.2. The lowest BCUT2D eigenvalue weighted by atomic mass is 10.1. The molecule has 0 atom stereocenters. The van der Waals surface area contributed by atoms with E-state index >= 15 is 0 Å². The van der Waals surface area contributed by atoms with E-state index in [1.54, 1.807) is 42.5 Å². The molecule has 36 heavy (non-hydrogen) atoms. The van der Waals surface area contributed by atoms with Crippen molar-refractivity contribution in [2.45, 2.75) is 13.5 Å². The highest BCUT2D eigenvalue weighted by atomic mass is 127. The normalized spacial score (nSPS) is 14.6. The first-order chi connectivity index (χ1) is 17.4. The first-order valence-corrected chi connectivity index (χ1v) is 12.2. The van der Waals surface area contributed by atoms with E-state index in [-0.39, 0.29) is 5.57 Å². The summed E-state index contributed by atoms with van der Waals surface area (Å²) in [5.41, 5.74) is 1.64. The Bertz CT molecular complexity index is 1340. The number of carbonyl (C=O) groups is 3. The number of ether oxygens (including phenoxy) is 3. The zero-order valence-electron chi connectivity index (χ0n) is 19.6. The Labute approximate surface area is 222 Å². The van der Waals surface area contributed by atoms with Gasteiger partial charge < -0.3 is 14.2 Å². The van der Waals surface area contributed by atoms with E-state index in [0.717, 1.165) is 14.0 Å². The van der Waals surface area contributed by atoms with Crippen molar-refractivity contribution in [3.8, 4) is 17.2 Å². The Morgan fingerprint density at radius 1 is 0.944 bits per heavy atom. The van der Waals surface area contributed by atoms with Gasteiger partial charge >= 0.3 is 6.03 Å². The minimum Gasteiger partial charge on any atom is -0.494 e. The van der Waals surface area contributed by atoms with Crippen LogP contribution in [-0.4, -0.2) is 31.6 Å². The smallest absolute Gasteiger partial charge is 0.335 e. The molecule has 184 valence electrons. The minimum atomic E-state index is -0.826. The molecular formula is C27H23IN2O6. The number of rotatable bonds is 8. The standard InChI is InChI=1S/C27H23IN2O6/c1-3-35-21-6-4-5-20(15-21)30-26(32)22(25(31)29-27(30)33)13-18-9-12-23(24(14-18)34-2)36-16-17-7-10-19(28)11-8-17/h4-15H,3,16H2,1-2H3,(H,29,31,33)/b22-13+. The number of benzene rings is 3. The van der Waals surface area contributed by atoms with Crippen molar-refractivity contribution in [1.82, 2.24) is 5.32 Å². The molecule has 0 saturated carbocycles. The van der Waals surface area contributed by atoms with Gasteiger partial charge in [0.2, 0.25) is 0 Å². The molecule has 3 aromatic carbocycles. The molecule has 0 bridgehead atoms. The fourth-order valence-corrected chi connectivity index (χ4v) is 3.93. The van der Waals surface area contributed by atoms with Crippen LogP contribution in [0, 0.1) is 3.57 Å². The second-order valence-corrected chi connectivity index (χ2v) is 8.96. The summed E-state index contributed by atoms with van der Waals surface area (Å²) in [6, 6.07) is 18.8. The highest BCUT2D eigenvalue weighted by molar-refractivity contribution is 14.1. The van der Waals surface area contributed by atoms with Gasteiger partial charge in [-0.3, -0.25) is 14.9 Å². The highest BCUT2D eigenvalue weighted by Gasteiger charge is 2.37. The van der Waals surface area contributed by atoms with E-state index < -0.39 is 17.8 Å². The summed E-state index contributed by atoms with van der Waals surface area (Å²) >= 11 is 2.24. The van der Waals surface area contributed by atoms with Crippen LogP contribution in [0.1, 0.15) is 18.1 Å². The van der Waals surface area contributed by atoms with Gasteiger partial charge in [-0.05, 0) is 83.1 Å². The maximum Gasteiger partial charge on any atom is 0.335 e. The number of anilines is 1. The highest BCUT2D eigenvalue weighted by Crippen LogP contribution is 2.31. The minimum absolute atomic E-state index is 0.189. The van der Waals surface area contributed by atoms with Gasteiger partial charge in [-0.15, -0.1) is 0 Å². The van der Waals surface area contributed by atoms with Crippen LogP contribution in [0.4, 0.5) is 10.5 Å². The number of barbiturate groups is 1. The van der Waals surface area contributed by atoms with E-state index in [1.807, 2.05) is 31.2 Å². The van der Waals surface area contributed by atoms with Crippen LogP contribution < -0.4 is 24.4 Å². The molecule has 0 spiro atoms. The molecule has 0 radical (unpaired) electrons. The number of hydrogen-bond acceptors (Lipinski definition) is 6. The van der Waals surface area contributed by atoms with Crippen LogP contribution in [0.25, 0.3) is 6.08 Å². The molecule has 4 rings (SSSR count). The van der Waals surface area contributed by atoms with Gasteiger partial charge in [-0.1, -0.05) is 24.3 Å². The summed E-state index contributed by atoms with van der Waals surface area (Å²) in [5.74, 6) is -0.0581. The summed E-state index contributed by atoms with van der Waals surface area (Å²) < 4.78 is 18.0. The average molecular weight is 598 g/mol. The summed E-state index contributed by atoms with van der Waals surface area (Å²) in [6.07, 6.45) is 1.41. The summed E-state index contributed by atoms with van der Waals surface area (Å²) in [7, 11) is 1.51. The Hall–Kier alpha value is -3.86. The zero-order chi connectivity index (χ0) is 25.7. The van der Waals surface area contributed by atoms with E-state index in [1.165, 1.54) is 13.2 Å². The van der Waals surface area contributed by atoms with Crippen LogP contribution in [0.3, 0.4) is 0 Å². The van der Waals surface area contributed by atoms with Crippen LogP contribution in [0.2, 0.25) is 0 Å². The Morgan fingerprint density at radius 2 is 1.72 bits per heavy atom. The predicted octanol–water partition coefficient (Wildman–Crippen LogP) is 4.94. The molecule has 1 saturated heterocycles. The molecular weight excluding hydrogens is 575 g/mol. The first-order valence-electron chi connectivity index (χ1n) is 11.1. The van der Waals surface area contributed by atoms with Gasteiger partial charge in [-0.25, -0.2) is 9.69 Å². The van der Waals surface area contributed by atoms with Gasteiger partial charge in [0.15, 0.2) is 11.5 Å². The molecule has 0 aromatic heterocycles. The molecule has 9 heteroatoms. The number of nitrogens with zero attached hydrogens (tertiary/aromatic N) is 1. The van der Waals surface area contributed by atoms with Crippen LogP contribution in [0.5, 0.6) is 17.2 Å². The van der Waals surface area contributed by atoms with Crippen LogP contribution in [0.15, 0.2) is 72.3 Å². The fourth-order valence-electron chi connectivity index (χ4n) is 3.57. The SMILES string of the molecule is CCOc1cccc(N2C(=O)NC(=O)/C(=C\c3ccc(OCc4ccc(I)cc4)c(OC)c3)C2=O)c1. The van der Waals surface area contributed by atoms with Crippen LogP contribution in [-0.2, 0) is 16.2 Å². The van der Waals surface area contributed by atoms with Gasteiger partial charge in [0.25, 0.3) is 11.8 Å². The van der Waals surface area contributed by atoms with Crippen molar-refractivity contribution in [3.63, 3.8) is 0 Å². The average Bonchev–Trinajstić information content (AvgIpc) is 2.87. The monoisotopic (exact) mass is 598 g/mol. The second kappa shape index (κ2) is 11.3. The van der Waals surface area contributed by atoms with Crippen molar-refractivity contribution < 1.29 is 28.6 Å². The van der Waals surface area contributed by atoms with Gasteiger partial charge in [0.05, 0.1) is 19.4 Å². The number of carbonyl (C=O) groups excluding carboxylic acids is 3. The van der Waals surface area contributed by atoms with E-state index in [2.05, 4.69) is 27.9 Å². The molecule has 1 aliphatic heterocycles. The Kier molecular flexibility index (Phi) is 7.89. The lowest BCUT2D eigenvalue weighted by Gasteiger charge is -2.26. The molecule has 1 N–H and O–H groups in total. The number of nitrogens with one attached hydrogen (secondary N) is 1. The second-order valence-electron chi connectivity index (χ2n) is 7.71. The molecule has 1 aliphatic rings. The quantitative estimate of drug-likeness (QED) is 0.224. The number of hydrogen-bond donors (Lipinski definition) is 1. The molecule has 4 amide bonds. The summed E-state index contributed by atoms with van der Waals surface area (Å²) in [4.78, 5) is 39.2. The van der Waals surface area contributed by atoms with Crippen molar-refractivity contribution in [1.29, 1.82) is 0 Å². The van der Waals surface area contributed by atoms with Crippen LogP contribution >= 0.6 is 22.6 Å². The van der Waals surface area contributed by atoms with Gasteiger partial charge in [0.1, 0.15) is 17.9 Å². The fraction of sp³-hybridized carbons (Fsp3) is 0.148. The van der Waals surface area contributed by atoms with E-state index in [4.69, 9.17) is 14.2 Å². The van der Waals surface area contributed by atoms with Gasteiger partial charge in [0, 0.05) is 9.64 Å². The zero-order valence-corrected chi connectivity index (χ0v) is 21.8. The summed E-state index contributed by atoms with van der Waals surface area (Å²) in [6.45, 7) is 2.61. The third-order valence-electron chi connectivity index (χ3n) is 5.29. The first kappa shape index (κ1) is 25.2. The molecule has 3 aromatic rings. The third-order valence-corrected chi connectivity index (χ3v) is 6.01. The third kappa shape index (κ3) is 5.68. The van der Waals surface area contributed by atoms with E-state index in [0.29, 0.717) is 41.7 Å². The lowest BCUT2D eigenvalue weighted by molar-refractivity contribution is -0.122. The van der Waals surface area contributed by atoms with Crippen molar-refractivity contribution in [2.75, 3.05) is 18.6 Å². The molecule has 0 unspecified atom stereocenters. The lowest BCUT2D eigenvalue weighted by Crippen LogP contribution is -2.54.